The maximum atomic E-state index is 12.3. The zero-order valence-corrected chi connectivity index (χ0v) is 14.0. The fraction of sp³-hybridized carbons (Fsp3) is 0. The van der Waals surface area contributed by atoms with Crippen LogP contribution in [0.25, 0.3) is 21.7 Å². The molecule has 0 atom stereocenters. The van der Waals surface area contributed by atoms with Gasteiger partial charge in [-0.2, -0.15) is 5.10 Å². The number of nitro benzene ring substituents is 1. The van der Waals surface area contributed by atoms with E-state index < -0.39 is 10.8 Å². The number of carbonyl (C=O) groups is 1. The summed E-state index contributed by atoms with van der Waals surface area (Å²) in [4.78, 5) is 22.6. The van der Waals surface area contributed by atoms with Gasteiger partial charge in [-0.3, -0.25) is 14.9 Å². The number of non-ortho nitro benzene ring substituents is 1. The van der Waals surface area contributed by atoms with Gasteiger partial charge in [-0.1, -0.05) is 42.5 Å². The van der Waals surface area contributed by atoms with Crippen molar-refractivity contribution in [1.29, 1.82) is 0 Å². The lowest BCUT2D eigenvalue weighted by Gasteiger charge is -1.96. The van der Waals surface area contributed by atoms with E-state index in [1.165, 1.54) is 18.3 Å². The molecular formula is C20H13N3O4. The molecule has 0 aliphatic rings. The molecule has 7 nitrogen and oxygen atoms in total. The first-order chi connectivity index (χ1) is 13.1. The van der Waals surface area contributed by atoms with Crippen LogP contribution in [0.5, 0.6) is 0 Å². The van der Waals surface area contributed by atoms with Gasteiger partial charge in [0.1, 0.15) is 5.58 Å². The number of fused-ring (bicyclic) bond motifs is 3. The van der Waals surface area contributed by atoms with E-state index in [1.807, 2.05) is 36.4 Å². The monoisotopic (exact) mass is 359 g/mol. The Balaban J connectivity index is 1.55. The van der Waals surface area contributed by atoms with Gasteiger partial charge in [0.2, 0.25) is 0 Å². The maximum Gasteiger partial charge on any atom is 0.307 e. The van der Waals surface area contributed by atoms with Gasteiger partial charge in [-0.15, -0.1) is 0 Å². The van der Waals surface area contributed by atoms with Gasteiger partial charge in [0, 0.05) is 23.1 Å². The molecule has 0 radical (unpaired) electrons. The second-order valence-electron chi connectivity index (χ2n) is 5.86. The number of nitrogens with zero attached hydrogens (tertiary/aromatic N) is 2. The summed E-state index contributed by atoms with van der Waals surface area (Å²) in [5, 5.41) is 17.5. The smallest absolute Gasteiger partial charge is 0.307 e. The van der Waals surface area contributed by atoms with Gasteiger partial charge in [0.05, 0.1) is 11.1 Å². The Hall–Kier alpha value is -4.00. The van der Waals surface area contributed by atoms with Crippen LogP contribution in [0.1, 0.15) is 16.1 Å². The molecule has 0 aliphatic heterocycles. The van der Waals surface area contributed by atoms with E-state index in [1.54, 1.807) is 18.2 Å². The summed E-state index contributed by atoms with van der Waals surface area (Å²) in [5.74, 6) is -0.366. The maximum absolute atomic E-state index is 12.3. The molecule has 0 saturated carbocycles. The second-order valence-corrected chi connectivity index (χ2v) is 5.86. The minimum Gasteiger partial charge on any atom is -0.451 e. The summed E-state index contributed by atoms with van der Waals surface area (Å²) in [7, 11) is 0. The molecule has 27 heavy (non-hydrogen) atoms. The van der Waals surface area contributed by atoms with Crippen LogP contribution in [-0.2, 0) is 0 Å². The number of amides is 1. The lowest BCUT2D eigenvalue weighted by Crippen LogP contribution is -2.16. The van der Waals surface area contributed by atoms with E-state index in [0.29, 0.717) is 11.1 Å². The summed E-state index contributed by atoms with van der Waals surface area (Å²) in [5.41, 5.74) is 3.44. The van der Waals surface area contributed by atoms with E-state index in [9.17, 15) is 14.9 Å². The zero-order valence-electron chi connectivity index (χ0n) is 14.0. The predicted molar refractivity (Wildman–Crippen MR) is 102 cm³/mol. The van der Waals surface area contributed by atoms with Crippen molar-refractivity contribution in [3.63, 3.8) is 0 Å². The molecule has 1 N–H and O–H groups in total. The largest absolute Gasteiger partial charge is 0.451 e. The van der Waals surface area contributed by atoms with Crippen molar-refractivity contribution >= 4 is 39.6 Å². The Labute approximate surface area is 153 Å². The lowest BCUT2D eigenvalue weighted by molar-refractivity contribution is -0.384. The van der Waals surface area contributed by atoms with Crippen LogP contribution in [-0.4, -0.2) is 17.0 Å². The topological polar surface area (TPSA) is 97.7 Å². The third-order valence-electron chi connectivity index (χ3n) is 4.11. The molecule has 132 valence electrons. The number of benzene rings is 3. The zero-order chi connectivity index (χ0) is 18.8. The summed E-state index contributed by atoms with van der Waals surface area (Å²) in [6, 6.07) is 19.2. The Morgan fingerprint density at radius 2 is 1.89 bits per heavy atom. The van der Waals surface area contributed by atoms with E-state index in [0.717, 1.165) is 16.2 Å². The number of nitro groups is 1. The first kappa shape index (κ1) is 16.5. The molecule has 0 aliphatic carbocycles. The molecule has 0 spiro atoms. The fourth-order valence-electron chi connectivity index (χ4n) is 2.84. The van der Waals surface area contributed by atoms with Crippen molar-refractivity contribution in [1.82, 2.24) is 5.43 Å². The Kier molecular flexibility index (Phi) is 4.10. The van der Waals surface area contributed by atoms with Crippen LogP contribution in [0.4, 0.5) is 5.69 Å². The molecule has 1 aromatic heterocycles. The fourth-order valence-corrected chi connectivity index (χ4v) is 2.84. The minimum absolute atomic E-state index is 0.0468. The Morgan fingerprint density at radius 3 is 2.74 bits per heavy atom. The SMILES string of the molecule is O=C(N/N=C\c1cccc([N+](=O)[O-])c1)c1cc2c(ccc3ccccc32)o1. The number of hydrazone groups is 1. The number of nitrogens with one attached hydrogen (secondary N) is 1. The molecule has 1 heterocycles. The first-order valence-electron chi connectivity index (χ1n) is 8.11. The quantitative estimate of drug-likeness (QED) is 0.334. The van der Waals surface area contributed by atoms with Gasteiger partial charge in [0.25, 0.3) is 5.69 Å². The summed E-state index contributed by atoms with van der Waals surface area (Å²) in [6.07, 6.45) is 1.34. The third kappa shape index (κ3) is 3.25. The minimum atomic E-state index is -0.503. The molecule has 0 bridgehead atoms. The van der Waals surface area contributed by atoms with Crippen molar-refractivity contribution in [2.24, 2.45) is 5.10 Å². The molecule has 0 unspecified atom stereocenters. The van der Waals surface area contributed by atoms with Crippen molar-refractivity contribution in [2.45, 2.75) is 0 Å². The highest BCUT2D eigenvalue weighted by Gasteiger charge is 2.13. The van der Waals surface area contributed by atoms with Crippen LogP contribution in [0.15, 0.2) is 76.2 Å². The van der Waals surface area contributed by atoms with Crippen LogP contribution in [0.3, 0.4) is 0 Å². The number of carbonyl (C=O) groups excluding carboxylic acids is 1. The number of hydrogen-bond acceptors (Lipinski definition) is 5. The highest BCUT2D eigenvalue weighted by molar-refractivity contribution is 6.08. The van der Waals surface area contributed by atoms with Gasteiger partial charge in [-0.25, -0.2) is 5.43 Å². The Morgan fingerprint density at radius 1 is 1.04 bits per heavy atom. The Bertz CT molecular complexity index is 1210. The van der Waals surface area contributed by atoms with E-state index in [2.05, 4.69) is 10.5 Å². The van der Waals surface area contributed by atoms with Crippen LogP contribution >= 0.6 is 0 Å². The third-order valence-corrected chi connectivity index (χ3v) is 4.11. The molecule has 0 fully saturated rings. The number of rotatable bonds is 4. The van der Waals surface area contributed by atoms with Gasteiger partial charge in [-0.05, 0) is 22.9 Å². The van der Waals surface area contributed by atoms with Crippen molar-refractivity contribution < 1.29 is 14.1 Å². The average Bonchev–Trinajstić information content (AvgIpc) is 3.13. The molecule has 7 heteroatoms. The summed E-state index contributed by atoms with van der Waals surface area (Å²) in [6.45, 7) is 0. The summed E-state index contributed by atoms with van der Waals surface area (Å²) < 4.78 is 5.62. The first-order valence-corrected chi connectivity index (χ1v) is 8.11. The lowest BCUT2D eigenvalue weighted by atomic mass is 10.1. The summed E-state index contributed by atoms with van der Waals surface area (Å²) >= 11 is 0. The second kappa shape index (κ2) is 6.72. The van der Waals surface area contributed by atoms with Gasteiger partial charge < -0.3 is 4.42 Å². The highest BCUT2D eigenvalue weighted by Crippen LogP contribution is 2.28. The standard InChI is InChI=1S/C20H13N3O4/c24-20(22-21-12-13-4-3-6-15(10-13)23(25)26)19-11-17-16-7-2-1-5-14(16)8-9-18(17)27-19/h1-12H,(H,22,24)/b21-12-. The average molecular weight is 359 g/mol. The predicted octanol–water partition coefficient (Wildman–Crippen LogP) is 4.26. The molecule has 4 rings (SSSR count). The number of furan rings is 1. The normalized spacial score (nSPS) is 11.3. The molecule has 4 aromatic rings. The van der Waals surface area contributed by atoms with Gasteiger partial charge >= 0.3 is 5.91 Å². The van der Waals surface area contributed by atoms with Crippen LogP contribution < -0.4 is 5.43 Å². The van der Waals surface area contributed by atoms with Crippen LogP contribution in [0, 0.1) is 10.1 Å². The number of hydrogen-bond donors (Lipinski definition) is 1. The molecular weight excluding hydrogens is 346 g/mol. The van der Waals surface area contributed by atoms with E-state index >= 15 is 0 Å². The van der Waals surface area contributed by atoms with Crippen molar-refractivity contribution in [3.05, 3.63) is 88.2 Å². The molecule has 0 saturated heterocycles. The van der Waals surface area contributed by atoms with Gasteiger partial charge in [0.15, 0.2) is 5.76 Å². The van der Waals surface area contributed by atoms with E-state index in [-0.39, 0.29) is 11.4 Å². The molecule has 1 amide bonds. The molecule has 3 aromatic carbocycles. The van der Waals surface area contributed by atoms with E-state index in [4.69, 9.17) is 4.42 Å². The van der Waals surface area contributed by atoms with Crippen molar-refractivity contribution in [3.8, 4) is 0 Å². The highest BCUT2D eigenvalue weighted by atomic mass is 16.6. The van der Waals surface area contributed by atoms with Crippen LogP contribution in [0.2, 0.25) is 0 Å². The van der Waals surface area contributed by atoms with Crippen molar-refractivity contribution in [2.75, 3.05) is 0 Å².